The smallest absolute Gasteiger partial charge is 0.123 e. The first-order valence-corrected chi connectivity index (χ1v) is 6.88. The summed E-state index contributed by atoms with van der Waals surface area (Å²) in [6.45, 7) is 6.35. The van der Waals surface area contributed by atoms with Crippen molar-refractivity contribution < 1.29 is 4.74 Å². The molecule has 3 heteroatoms. The molecule has 0 aromatic heterocycles. The molecule has 0 saturated heterocycles. The number of hydrogen-bond acceptors (Lipinski definition) is 3. The summed E-state index contributed by atoms with van der Waals surface area (Å²) in [6.07, 6.45) is 4.05. The van der Waals surface area contributed by atoms with Gasteiger partial charge in [-0.2, -0.15) is 0 Å². The highest BCUT2D eigenvalue weighted by molar-refractivity contribution is 5.59. The van der Waals surface area contributed by atoms with Gasteiger partial charge in [0.2, 0.25) is 0 Å². The Morgan fingerprint density at radius 3 is 2.67 bits per heavy atom. The van der Waals surface area contributed by atoms with Crippen molar-refractivity contribution in [3.63, 3.8) is 0 Å². The minimum Gasteiger partial charge on any atom is -0.491 e. The van der Waals surface area contributed by atoms with E-state index >= 15 is 0 Å². The van der Waals surface area contributed by atoms with Gasteiger partial charge in [0.05, 0.1) is 6.10 Å². The van der Waals surface area contributed by atoms with E-state index in [1.165, 1.54) is 19.3 Å². The summed E-state index contributed by atoms with van der Waals surface area (Å²) in [6, 6.07) is 6.47. The molecule has 3 nitrogen and oxygen atoms in total. The van der Waals surface area contributed by atoms with E-state index in [0.717, 1.165) is 23.0 Å². The van der Waals surface area contributed by atoms with Crippen LogP contribution in [0.25, 0.3) is 0 Å². The Labute approximate surface area is 110 Å². The average Bonchev–Trinajstić information content (AvgIpc) is 2.62. The summed E-state index contributed by atoms with van der Waals surface area (Å²) in [5.74, 6) is 1.58. The summed E-state index contributed by atoms with van der Waals surface area (Å²) in [7, 11) is 0. The fraction of sp³-hybridized carbons (Fsp3) is 0.600. The molecule has 0 amide bonds. The molecule has 1 fully saturated rings. The third-order valence-electron chi connectivity index (χ3n) is 3.51. The van der Waals surface area contributed by atoms with Crippen molar-refractivity contribution in [1.82, 2.24) is 0 Å². The first-order chi connectivity index (χ1) is 8.54. The van der Waals surface area contributed by atoms with E-state index in [9.17, 15) is 0 Å². The number of nitrogens with two attached hydrogens (primary N) is 1. The first-order valence-electron chi connectivity index (χ1n) is 6.88. The van der Waals surface area contributed by atoms with Gasteiger partial charge in [-0.05, 0) is 38.7 Å². The van der Waals surface area contributed by atoms with Crippen molar-refractivity contribution >= 4 is 11.4 Å². The van der Waals surface area contributed by atoms with Gasteiger partial charge >= 0.3 is 0 Å². The molecule has 2 rings (SSSR count). The van der Waals surface area contributed by atoms with Crippen LogP contribution in [0.15, 0.2) is 18.2 Å². The highest BCUT2D eigenvalue weighted by Gasteiger charge is 2.23. The van der Waals surface area contributed by atoms with Crippen molar-refractivity contribution in [1.29, 1.82) is 0 Å². The van der Waals surface area contributed by atoms with Crippen LogP contribution in [0.2, 0.25) is 0 Å². The lowest BCUT2D eigenvalue weighted by Gasteiger charge is -2.20. The van der Waals surface area contributed by atoms with Crippen LogP contribution in [0.5, 0.6) is 5.75 Å². The Balaban J connectivity index is 2.09. The molecular weight excluding hydrogens is 224 g/mol. The summed E-state index contributed by atoms with van der Waals surface area (Å²) < 4.78 is 5.71. The molecule has 0 bridgehead atoms. The fourth-order valence-electron chi connectivity index (χ4n) is 2.62. The van der Waals surface area contributed by atoms with E-state index in [1.807, 2.05) is 32.0 Å². The number of ether oxygens (including phenoxy) is 1. The fourth-order valence-corrected chi connectivity index (χ4v) is 2.62. The van der Waals surface area contributed by atoms with Crippen LogP contribution in [-0.4, -0.2) is 12.1 Å². The molecule has 3 N–H and O–H groups in total. The summed E-state index contributed by atoms with van der Waals surface area (Å²) in [4.78, 5) is 0. The second kappa shape index (κ2) is 5.51. The Morgan fingerprint density at radius 2 is 2.06 bits per heavy atom. The van der Waals surface area contributed by atoms with Crippen LogP contribution in [0, 0.1) is 5.92 Å². The second-order valence-corrected chi connectivity index (χ2v) is 5.62. The molecule has 18 heavy (non-hydrogen) atoms. The Kier molecular flexibility index (Phi) is 4.00. The molecular formula is C15H24N2O. The second-order valence-electron chi connectivity index (χ2n) is 5.62. The van der Waals surface area contributed by atoms with E-state index in [-0.39, 0.29) is 6.10 Å². The largest absolute Gasteiger partial charge is 0.491 e. The van der Waals surface area contributed by atoms with E-state index in [2.05, 4.69) is 12.2 Å². The van der Waals surface area contributed by atoms with Gasteiger partial charge < -0.3 is 15.8 Å². The minimum absolute atomic E-state index is 0.171. The zero-order valence-electron chi connectivity index (χ0n) is 11.6. The van der Waals surface area contributed by atoms with Gasteiger partial charge in [-0.15, -0.1) is 0 Å². The Morgan fingerprint density at radius 1 is 1.28 bits per heavy atom. The van der Waals surface area contributed by atoms with Crippen molar-refractivity contribution in [2.24, 2.45) is 5.92 Å². The molecule has 0 heterocycles. The molecule has 0 radical (unpaired) electrons. The molecule has 1 aromatic carbocycles. The molecule has 2 unspecified atom stereocenters. The Bertz CT molecular complexity index is 403. The normalized spacial score (nSPS) is 23.3. The van der Waals surface area contributed by atoms with Gasteiger partial charge in [-0.1, -0.05) is 13.3 Å². The monoisotopic (exact) mass is 248 g/mol. The molecule has 2 atom stereocenters. The van der Waals surface area contributed by atoms with Crippen molar-refractivity contribution in [2.45, 2.75) is 52.2 Å². The zero-order chi connectivity index (χ0) is 13.1. The predicted molar refractivity (Wildman–Crippen MR) is 77.0 cm³/mol. The standard InChI is InChI=1S/C15H24N2O/c1-10(2)18-14-8-12(16)7-13(9-14)17-15-6-4-5-11(15)3/h7-11,15,17H,4-6,16H2,1-3H3. The van der Waals surface area contributed by atoms with Crippen molar-refractivity contribution in [3.8, 4) is 5.75 Å². The molecule has 0 spiro atoms. The van der Waals surface area contributed by atoms with E-state index < -0.39 is 0 Å². The highest BCUT2D eigenvalue weighted by atomic mass is 16.5. The van der Waals surface area contributed by atoms with Crippen LogP contribution in [0.4, 0.5) is 11.4 Å². The molecule has 100 valence electrons. The average molecular weight is 248 g/mol. The summed E-state index contributed by atoms with van der Waals surface area (Å²) in [5, 5.41) is 3.59. The van der Waals surface area contributed by atoms with E-state index in [0.29, 0.717) is 6.04 Å². The maximum absolute atomic E-state index is 5.92. The van der Waals surface area contributed by atoms with Crippen LogP contribution >= 0.6 is 0 Å². The lowest BCUT2D eigenvalue weighted by Crippen LogP contribution is -2.21. The third-order valence-corrected chi connectivity index (χ3v) is 3.51. The van der Waals surface area contributed by atoms with E-state index in [1.54, 1.807) is 0 Å². The number of hydrogen-bond donors (Lipinski definition) is 2. The zero-order valence-corrected chi connectivity index (χ0v) is 11.6. The highest BCUT2D eigenvalue weighted by Crippen LogP contribution is 2.30. The van der Waals surface area contributed by atoms with Crippen LogP contribution in [0.3, 0.4) is 0 Å². The Hall–Kier alpha value is -1.38. The van der Waals surface area contributed by atoms with Crippen LogP contribution in [0.1, 0.15) is 40.0 Å². The van der Waals surface area contributed by atoms with Gasteiger partial charge in [0, 0.05) is 29.5 Å². The van der Waals surface area contributed by atoms with E-state index in [4.69, 9.17) is 10.5 Å². The van der Waals surface area contributed by atoms with Gasteiger partial charge in [0.1, 0.15) is 5.75 Å². The maximum atomic E-state index is 5.92. The molecule has 1 aliphatic rings. The maximum Gasteiger partial charge on any atom is 0.123 e. The predicted octanol–water partition coefficient (Wildman–Crippen LogP) is 3.66. The SMILES string of the molecule is CC(C)Oc1cc(N)cc(NC2CCCC2C)c1. The minimum atomic E-state index is 0.171. The van der Waals surface area contributed by atoms with Gasteiger partial charge in [0.25, 0.3) is 0 Å². The third kappa shape index (κ3) is 3.31. The number of anilines is 2. The molecule has 0 aliphatic heterocycles. The van der Waals surface area contributed by atoms with Gasteiger partial charge in [-0.3, -0.25) is 0 Å². The number of nitrogen functional groups attached to an aromatic ring is 1. The summed E-state index contributed by atoms with van der Waals surface area (Å²) in [5.41, 5.74) is 7.75. The van der Waals surface area contributed by atoms with Crippen molar-refractivity contribution in [3.05, 3.63) is 18.2 Å². The molecule has 1 saturated carbocycles. The van der Waals surface area contributed by atoms with Crippen molar-refractivity contribution in [2.75, 3.05) is 11.1 Å². The van der Waals surface area contributed by atoms with Crippen LogP contribution in [-0.2, 0) is 0 Å². The lowest BCUT2D eigenvalue weighted by molar-refractivity contribution is 0.242. The van der Waals surface area contributed by atoms with Gasteiger partial charge in [0.15, 0.2) is 0 Å². The molecule has 1 aliphatic carbocycles. The number of benzene rings is 1. The lowest BCUT2D eigenvalue weighted by atomic mass is 10.1. The van der Waals surface area contributed by atoms with Gasteiger partial charge in [-0.25, -0.2) is 0 Å². The summed E-state index contributed by atoms with van der Waals surface area (Å²) >= 11 is 0. The first kappa shape index (κ1) is 13.1. The number of rotatable bonds is 4. The molecule has 1 aromatic rings. The topological polar surface area (TPSA) is 47.3 Å². The van der Waals surface area contributed by atoms with Crippen LogP contribution < -0.4 is 15.8 Å². The number of nitrogens with one attached hydrogen (secondary N) is 1. The quantitative estimate of drug-likeness (QED) is 0.799.